The van der Waals surface area contributed by atoms with E-state index in [1.54, 1.807) is 11.1 Å². The number of carboxylic acids is 1. The number of aromatic carboxylic acids is 1. The molecule has 0 aromatic carbocycles. The SMILES string of the molecule is CC[C@@H](C)CC[C@@H](C)C(=O)N(c1cc(C#CC(C)(C)C)sc1C(=O)O)C1CCC(Oc2ccc(C)cn2)CC1. The Balaban J connectivity index is 1.88. The van der Waals surface area contributed by atoms with Crippen molar-refractivity contribution in [3.05, 3.63) is 39.7 Å². The zero-order valence-corrected chi connectivity index (χ0v) is 25.4. The molecule has 0 spiro atoms. The van der Waals surface area contributed by atoms with Crippen molar-refractivity contribution in [3.8, 4) is 17.7 Å². The molecule has 39 heavy (non-hydrogen) atoms. The number of carbonyl (C=O) groups excluding carboxylic acids is 1. The molecule has 2 atom stereocenters. The summed E-state index contributed by atoms with van der Waals surface area (Å²) in [5.74, 6) is 6.29. The fourth-order valence-corrected chi connectivity index (χ4v) is 5.58. The predicted octanol–water partition coefficient (Wildman–Crippen LogP) is 7.73. The third kappa shape index (κ3) is 8.83. The van der Waals surface area contributed by atoms with Crippen LogP contribution < -0.4 is 9.64 Å². The van der Waals surface area contributed by atoms with E-state index >= 15 is 0 Å². The maximum atomic E-state index is 14.0. The first kappa shape index (κ1) is 30.7. The first-order chi connectivity index (χ1) is 18.4. The molecule has 0 bridgehead atoms. The number of carboxylic acid groups (broad SMARTS) is 1. The molecule has 1 N–H and O–H groups in total. The van der Waals surface area contributed by atoms with Crippen molar-refractivity contribution in [2.45, 2.75) is 106 Å². The Hall–Kier alpha value is -2.85. The van der Waals surface area contributed by atoms with Gasteiger partial charge in [-0.25, -0.2) is 9.78 Å². The minimum atomic E-state index is -1.02. The molecule has 0 saturated heterocycles. The van der Waals surface area contributed by atoms with Crippen LogP contribution in [0.3, 0.4) is 0 Å². The van der Waals surface area contributed by atoms with Gasteiger partial charge in [-0.15, -0.1) is 11.3 Å². The summed E-state index contributed by atoms with van der Waals surface area (Å²) in [5.41, 5.74) is 1.35. The van der Waals surface area contributed by atoms with Gasteiger partial charge >= 0.3 is 5.97 Å². The van der Waals surface area contributed by atoms with Gasteiger partial charge in [-0.2, -0.15) is 0 Å². The molecule has 1 amide bonds. The van der Waals surface area contributed by atoms with Gasteiger partial charge in [0, 0.05) is 29.6 Å². The summed E-state index contributed by atoms with van der Waals surface area (Å²) in [6.07, 6.45) is 7.66. The Kier molecular flexibility index (Phi) is 10.6. The highest BCUT2D eigenvalue weighted by atomic mass is 32.1. The summed E-state index contributed by atoms with van der Waals surface area (Å²) in [5, 5.41) is 10.1. The first-order valence-corrected chi connectivity index (χ1v) is 15.0. The Morgan fingerprint density at radius 2 is 1.87 bits per heavy atom. The highest BCUT2D eigenvalue weighted by molar-refractivity contribution is 7.15. The molecule has 212 valence electrons. The van der Waals surface area contributed by atoms with E-state index in [2.05, 4.69) is 30.7 Å². The molecule has 6 nitrogen and oxygen atoms in total. The van der Waals surface area contributed by atoms with E-state index in [-0.39, 0.29) is 34.3 Å². The number of thiophene rings is 1. The lowest BCUT2D eigenvalue weighted by Gasteiger charge is -2.38. The highest BCUT2D eigenvalue weighted by Gasteiger charge is 2.36. The Bertz CT molecular complexity index is 1180. The maximum Gasteiger partial charge on any atom is 0.348 e. The van der Waals surface area contributed by atoms with Crippen LogP contribution in [0.25, 0.3) is 0 Å². The van der Waals surface area contributed by atoms with Crippen LogP contribution in [0.4, 0.5) is 5.69 Å². The van der Waals surface area contributed by atoms with Crippen molar-refractivity contribution in [3.63, 3.8) is 0 Å². The average Bonchev–Trinajstić information content (AvgIpc) is 3.32. The van der Waals surface area contributed by atoms with Crippen molar-refractivity contribution in [1.82, 2.24) is 4.98 Å². The van der Waals surface area contributed by atoms with E-state index in [9.17, 15) is 14.7 Å². The number of hydrogen-bond acceptors (Lipinski definition) is 5. The van der Waals surface area contributed by atoms with Crippen molar-refractivity contribution in [2.24, 2.45) is 17.3 Å². The van der Waals surface area contributed by atoms with Gasteiger partial charge in [-0.3, -0.25) is 4.79 Å². The lowest BCUT2D eigenvalue weighted by molar-refractivity contribution is -0.122. The molecule has 0 radical (unpaired) electrons. The van der Waals surface area contributed by atoms with Gasteiger partial charge in [0.25, 0.3) is 0 Å². The lowest BCUT2D eigenvalue weighted by Crippen LogP contribution is -2.46. The Labute approximate surface area is 238 Å². The zero-order chi connectivity index (χ0) is 28.7. The summed E-state index contributed by atoms with van der Waals surface area (Å²) in [6, 6.07) is 5.59. The van der Waals surface area contributed by atoms with Crippen LogP contribution in [-0.4, -0.2) is 34.1 Å². The largest absolute Gasteiger partial charge is 0.477 e. The fourth-order valence-electron chi connectivity index (χ4n) is 4.74. The molecule has 0 aliphatic heterocycles. The van der Waals surface area contributed by atoms with Gasteiger partial charge in [0.15, 0.2) is 0 Å². The van der Waals surface area contributed by atoms with Crippen LogP contribution in [0, 0.1) is 36.0 Å². The summed E-state index contributed by atoms with van der Waals surface area (Å²) in [7, 11) is 0. The van der Waals surface area contributed by atoms with Crippen LogP contribution >= 0.6 is 11.3 Å². The number of carbonyl (C=O) groups is 2. The number of aromatic nitrogens is 1. The molecule has 1 saturated carbocycles. The molecule has 1 aliphatic rings. The molecular weight excluding hydrogens is 508 g/mol. The second-order valence-electron chi connectivity index (χ2n) is 12.1. The van der Waals surface area contributed by atoms with E-state index in [4.69, 9.17) is 4.74 Å². The standard InChI is InChI=1S/C32H44N2O4S/c1-8-21(2)9-11-23(4)30(35)34(27-19-26(17-18-32(5,6)7)39-29(27)31(36)37)24-12-14-25(15-13-24)38-28-16-10-22(3)20-33-28/h10,16,19-21,23-25H,8-9,11-15H2,1-7H3,(H,36,37)/t21-,23-,24?,25?/m1/s1. The van der Waals surface area contributed by atoms with E-state index in [1.165, 1.54) is 0 Å². The molecular formula is C32H44N2O4S. The van der Waals surface area contributed by atoms with Gasteiger partial charge in [-0.05, 0) is 83.8 Å². The summed E-state index contributed by atoms with van der Waals surface area (Å²) in [4.78, 5) is 33.4. The van der Waals surface area contributed by atoms with Crippen molar-refractivity contribution < 1.29 is 19.4 Å². The predicted molar refractivity (Wildman–Crippen MR) is 159 cm³/mol. The number of ether oxygens (including phenoxy) is 1. The van der Waals surface area contributed by atoms with Crippen LogP contribution in [0.1, 0.15) is 107 Å². The molecule has 0 unspecified atom stereocenters. The normalized spacial score (nSPS) is 18.9. The van der Waals surface area contributed by atoms with Gasteiger partial charge in [0.05, 0.1) is 10.6 Å². The Morgan fingerprint density at radius 3 is 2.44 bits per heavy atom. The molecule has 1 fully saturated rings. The maximum absolute atomic E-state index is 14.0. The van der Waals surface area contributed by atoms with Crippen LogP contribution in [0.5, 0.6) is 5.88 Å². The average molecular weight is 553 g/mol. The third-order valence-electron chi connectivity index (χ3n) is 7.36. The van der Waals surface area contributed by atoms with E-state index in [1.807, 2.05) is 52.8 Å². The molecule has 2 aromatic heterocycles. The van der Waals surface area contributed by atoms with Gasteiger partial charge in [0.1, 0.15) is 11.0 Å². The van der Waals surface area contributed by atoms with Gasteiger partial charge in [-0.1, -0.05) is 45.1 Å². The lowest BCUT2D eigenvalue weighted by atomic mass is 9.89. The van der Waals surface area contributed by atoms with E-state index < -0.39 is 5.97 Å². The van der Waals surface area contributed by atoms with Crippen molar-refractivity contribution in [1.29, 1.82) is 0 Å². The Morgan fingerprint density at radius 1 is 1.18 bits per heavy atom. The fraction of sp³-hybridized carbons (Fsp3) is 0.594. The molecule has 1 aliphatic carbocycles. The zero-order valence-electron chi connectivity index (χ0n) is 24.5. The highest BCUT2D eigenvalue weighted by Crippen LogP contribution is 2.37. The second kappa shape index (κ2) is 13.5. The van der Waals surface area contributed by atoms with Gasteiger partial charge < -0.3 is 14.7 Å². The monoisotopic (exact) mass is 552 g/mol. The number of hydrogen-bond donors (Lipinski definition) is 1. The van der Waals surface area contributed by atoms with Crippen molar-refractivity contribution in [2.75, 3.05) is 4.90 Å². The van der Waals surface area contributed by atoms with E-state index in [0.29, 0.717) is 22.4 Å². The van der Waals surface area contributed by atoms with Crippen LogP contribution in [0.2, 0.25) is 0 Å². The number of amides is 1. The van der Waals surface area contributed by atoms with Crippen LogP contribution in [0.15, 0.2) is 24.4 Å². The van der Waals surface area contributed by atoms with E-state index in [0.717, 1.165) is 61.8 Å². The molecule has 2 heterocycles. The quantitative estimate of drug-likeness (QED) is 0.305. The number of rotatable bonds is 10. The summed E-state index contributed by atoms with van der Waals surface area (Å²) >= 11 is 1.16. The summed E-state index contributed by atoms with van der Waals surface area (Å²) in [6.45, 7) is 14.4. The molecule has 3 rings (SSSR count). The minimum absolute atomic E-state index is 0.00139. The number of pyridine rings is 1. The summed E-state index contributed by atoms with van der Waals surface area (Å²) < 4.78 is 6.13. The molecule has 7 heteroatoms. The van der Waals surface area contributed by atoms with Gasteiger partial charge in [0.2, 0.25) is 11.8 Å². The number of nitrogens with zero attached hydrogens (tertiary/aromatic N) is 2. The second-order valence-corrected chi connectivity index (χ2v) is 13.1. The van der Waals surface area contributed by atoms with Crippen molar-refractivity contribution >= 4 is 28.9 Å². The smallest absolute Gasteiger partial charge is 0.348 e. The number of anilines is 1. The third-order valence-corrected chi connectivity index (χ3v) is 8.38. The number of aryl methyl sites for hydroxylation is 1. The molecule has 2 aromatic rings. The minimum Gasteiger partial charge on any atom is -0.477 e. The topological polar surface area (TPSA) is 79.7 Å². The first-order valence-electron chi connectivity index (χ1n) is 14.2. The van der Waals surface area contributed by atoms with Crippen LogP contribution in [-0.2, 0) is 4.79 Å².